The molecule has 8 nitrogen and oxygen atoms in total. The number of para-hydroxylation sites is 1. The van der Waals surface area contributed by atoms with Gasteiger partial charge in [0.2, 0.25) is 11.9 Å². The molecule has 2 atom stereocenters. The second-order valence-electron chi connectivity index (χ2n) is 8.89. The van der Waals surface area contributed by atoms with Gasteiger partial charge in [-0.15, -0.1) is 0 Å². The van der Waals surface area contributed by atoms with E-state index in [0.717, 1.165) is 52.2 Å². The molecule has 5 rings (SSSR count). The predicted molar refractivity (Wildman–Crippen MR) is 136 cm³/mol. The molecule has 4 aromatic rings. The summed E-state index contributed by atoms with van der Waals surface area (Å²) in [6, 6.07) is 18.1. The zero-order chi connectivity index (χ0) is 23.7. The molecule has 1 aliphatic heterocycles. The Morgan fingerprint density at radius 3 is 2.71 bits per heavy atom. The zero-order valence-electron chi connectivity index (χ0n) is 19.7. The average Bonchev–Trinajstić information content (AvgIpc) is 3.24. The number of fused-ring (bicyclic) bond motifs is 1. The van der Waals surface area contributed by atoms with Gasteiger partial charge in [-0.05, 0) is 44.9 Å². The maximum absolute atomic E-state index is 13.0. The SMILES string of the molecule is CNc1nc(-c2ccc3c(C)n[nH]c3c2)cc(N2C[C@@H](C(=O)Nc3ccccc3)CC[C@H]2C)n1. The van der Waals surface area contributed by atoms with E-state index in [2.05, 4.69) is 50.9 Å². The number of nitrogens with one attached hydrogen (secondary N) is 3. The van der Waals surface area contributed by atoms with Crippen molar-refractivity contribution >= 4 is 34.3 Å². The third kappa shape index (κ3) is 4.31. The van der Waals surface area contributed by atoms with Crippen molar-refractivity contribution in [2.24, 2.45) is 5.92 Å². The van der Waals surface area contributed by atoms with Crippen LogP contribution >= 0.6 is 0 Å². The Kier molecular flexibility index (Phi) is 5.88. The van der Waals surface area contributed by atoms with E-state index in [1.165, 1.54) is 0 Å². The Balaban J connectivity index is 1.43. The van der Waals surface area contributed by atoms with Crippen molar-refractivity contribution in [3.8, 4) is 11.3 Å². The monoisotopic (exact) mass is 455 g/mol. The minimum atomic E-state index is -0.114. The Bertz CT molecular complexity index is 1320. The van der Waals surface area contributed by atoms with Crippen LogP contribution in [0.15, 0.2) is 54.6 Å². The van der Waals surface area contributed by atoms with Crippen molar-refractivity contribution in [1.82, 2.24) is 20.2 Å². The normalized spacial score (nSPS) is 18.1. The maximum atomic E-state index is 13.0. The van der Waals surface area contributed by atoms with Crippen molar-refractivity contribution in [2.45, 2.75) is 32.7 Å². The van der Waals surface area contributed by atoms with Crippen LogP contribution in [0.5, 0.6) is 0 Å². The number of hydrogen-bond acceptors (Lipinski definition) is 6. The number of piperidine rings is 1. The third-order valence-electron chi connectivity index (χ3n) is 6.57. The van der Waals surface area contributed by atoms with Crippen LogP contribution < -0.4 is 15.5 Å². The van der Waals surface area contributed by atoms with Gasteiger partial charge in [0.25, 0.3) is 0 Å². The van der Waals surface area contributed by atoms with Crippen molar-refractivity contribution in [3.63, 3.8) is 0 Å². The Hall–Kier alpha value is -3.94. The number of benzene rings is 2. The highest BCUT2D eigenvalue weighted by atomic mass is 16.1. The molecule has 3 heterocycles. The first kappa shape index (κ1) is 21.9. The first-order valence-electron chi connectivity index (χ1n) is 11.7. The summed E-state index contributed by atoms with van der Waals surface area (Å²) in [5, 5.41) is 14.6. The van der Waals surface area contributed by atoms with E-state index >= 15 is 0 Å². The molecule has 2 aromatic heterocycles. The van der Waals surface area contributed by atoms with E-state index in [-0.39, 0.29) is 17.9 Å². The first-order chi connectivity index (χ1) is 16.5. The zero-order valence-corrected chi connectivity index (χ0v) is 19.7. The van der Waals surface area contributed by atoms with E-state index < -0.39 is 0 Å². The molecule has 1 aliphatic rings. The molecule has 8 heteroatoms. The van der Waals surface area contributed by atoms with Gasteiger partial charge in [-0.3, -0.25) is 9.89 Å². The van der Waals surface area contributed by atoms with Crippen molar-refractivity contribution < 1.29 is 4.79 Å². The molecule has 0 spiro atoms. The molecule has 0 aliphatic carbocycles. The lowest BCUT2D eigenvalue weighted by atomic mass is 9.92. The summed E-state index contributed by atoms with van der Waals surface area (Å²) >= 11 is 0. The fraction of sp³-hybridized carbons (Fsp3) is 0.308. The molecule has 0 bridgehead atoms. The van der Waals surface area contributed by atoms with E-state index in [9.17, 15) is 4.79 Å². The highest BCUT2D eigenvalue weighted by molar-refractivity contribution is 5.93. The average molecular weight is 456 g/mol. The van der Waals surface area contributed by atoms with E-state index in [1.807, 2.05) is 50.4 Å². The number of amides is 1. The van der Waals surface area contributed by atoms with Crippen LogP contribution in [0.25, 0.3) is 22.2 Å². The summed E-state index contributed by atoms with van der Waals surface area (Å²) < 4.78 is 0. The molecule has 0 radical (unpaired) electrons. The highest BCUT2D eigenvalue weighted by Gasteiger charge is 2.31. The molecule has 1 amide bonds. The standard InChI is InChI=1S/C26H29N7O/c1-16-9-10-19(25(34)28-20-7-5-4-6-8-20)15-33(16)24-14-22(29-26(27-3)30-24)18-11-12-21-17(2)31-32-23(21)13-18/h4-8,11-14,16,19H,9-10,15H2,1-3H3,(H,28,34)(H,31,32)(H,27,29,30)/t16-,19+/m1/s1. The number of hydrogen-bond donors (Lipinski definition) is 3. The van der Waals surface area contributed by atoms with Gasteiger partial charge in [0.15, 0.2) is 0 Å². The fourth-order valence-electron chi connectivity index (χ4n) is 4.56. The van der Waals surface area contributed by atoms with E-state index in [0.29, 0.717) is 12.5 Å². The number of H-pyrrole nitrogens is 1. The van der Waals surface area contributed by atoms with E-state index in [4.69, 9.17) is 9.97 Å². The number of aromatic nitrogens is 4. The smallest absolute Gasteiger partial charge is 0.229 e. The highest BCUT2D eigenvalue weighted by Crippen LogP contribution is 2.31. The molecule has 1 saturated heterocycles. The van der Waals surface area contributed by atoms with Gasteiger partial charge < -0.3 is 15.5 Å². The number of anilines is 3. The van der Waals surface area contributed by atoms with Gasteiger partial charge in [-0.1, -0.05) is 30.3 Å². The van der Waals surface area contributed by atoms with Crippen LogP contribution in [0, 0.1) is 12.8 Å². The molecule has 0 unspecified atom stereocenters. The Labute approximate surface area is 198 Å². The first-order valence-corrected chi connectivity index (χ1v) is 11.7. The number of carbonyl (C=O) groups is 1. The lowest BCUT2D eigenvalue weighted by molar-refractivity contribution is -0.120. The predicted octanol–water partition coefficient (Wildman–Crippen LogP) is 4.61. The van der Waals surface area contributed by atoms with Crippen molar-refractivity contribution in [3.05, 3.63) is 60.3 Å². The van der Waals surface area contributed by atoms with Gasteiger partial charge in [0.1, 0.15) is 5.82 Å². The summed E-state index contributed by atoms with van der Waals surface area (Å²) in [5.41, 5.74) is 4.59. The van der Waals surface area contributed by atoms with Crippen molar-refractivity contribution in [1.29, 1.82) is 0 Å². The lowest BCUT2D eigenvalue weighted by Crippen LogP contribution is -2.46. The fourth-order valence-corrected chi connectivity index (χ4v) is 4.56. The Morgan fingerprint density at radius 2 is 1.91 bits per heavy atom. The molecule has 2 aromatic carbocycles. The largest absolute Gasteiger partial charge is 0.357 e. The van der Waals surface area contributed by atoms with Gasteiger partial charge in [0, 0.05) is 42.3 Å². The van der Waals surface area contributed by atoms with Crippen LogP contribution in [0.3, 0.4) is 0 Å². The van der Waals surface area contributed by atoms with Gasteiger partial charge in [-0.2, -0.15) is 10.1 Å². The molecule has 1 fully saturated rings. The topological polar surface area (TPSA) is 98.8 Å². The molecular weight excluding hydrogens is 426 g/mol. The van der Waals surface area contributed by atoms with Crippen LogP contribution in [-0.2, 0) is 4.79 Å². The number of aryl methyl sites for hydroxylation is 1. The minimum Gasteiger partial charge on any atom is -0.357 e. The lowest BCUT2D eigenvalue weighted by Gasteiger charge is -2.38. The van der Waals surface area contributed by atoms with Gasteiger partial charge in [0.05, 0.1) is 22.8 Å². The summed E-state index contributed by atoms with van der Waals surface area (Å²) in [6.45, 7) is 4.78. The number of rotatable bonds is 5. The molecule has 174 valence electrons. The molecule has 3 N–H and O–H groups in total. The van der Waals surface area contributed by atoms with Gasteiger partial charge >= 0.3 is 0 Å². The second kappa shape index (κ2) is 9.13. The number of aromatic amines is 1. The summed E-state index contributed by atoms with van der Waals surface area (Å²) in [6.07, 6.45) is 1.77. The summed E-state index contributed by atoms with van der Waals surface area (Å²) in [7, 11) is 1.82. The Morgan fingerprint density at radius 1 is 1.09 bits per heavy atom. The molecule has 0 saturated carbocycles. The number of carbonyl (C=O) groups excluding carboxylic acids is 1. The van der Waals surface area contributed by atoms with Crippen LogP contribution in [0.4, 0.5) is 17.5 Å². The summed E-state index contributed by atoms with van der Waals surface area (Å²) in [5.74, 6) is 1.31. The van der Waals surface area contributed by atoms with E-state index in [1.54, 1.807) is 0 Å². The maximum Gasteiger partial charge on any atom is 0.229 e. The van der Waals surface area contributed by atoms with Crippen LogP contribution in [-0.4, -0.2) is 45.7 Å². The van der Waals surface area contributed by atoms with Crippen LogP contribution in [0.2, 0.25) is 0 Å². The van der Waals surface area contributed by atoms with Gasteiger partial charge in [-0.25, -0.2) is 4.98 Å². The molecule has 34 heavy (non-hydrogen) atoms. The quantitative estimate of drug-likeness (QED) is 0.406. The summed E-state index contributed by atoms with van der Waals surface area (Å²) in [4.78, 5) is 24.7. The van der Waals surface area contributed by atoms with Crippen LogP contribution in [0.1, 0.15) is 25.5 Å². The third-order valence-corrected chi connectivity index (χ3v) is 6.57. The molecular formula is C26H29N7O. The second-order valence-corrected chi connectivity index (χ2v) is 8.89. The van der Waals surface area contributed by atoms with Crippen molar-refractivity contribution in [2.75, 3.05) is 29.1 Å². The minimum absolute atomic E-state index is 0.0475. The number of nitrogens with zero attached hydrogens (tertiary/aromatic N) is 4.